The van der Waals surface area contributed by atoms with E-state index >= 15 is 0 Å². The Morgan fingerprint density at radius 2 is 2.44 bits per heavy atom. The van der Waals surface area contributed by atoms with Gasteiger partial charge in [0.05, 0.1) is 6.61 Å². The predicted octanol–water partition coefficient (Wildman–Crippen LogP) is -0.796. The highest BCUT2D eigenvalue weighted by Gasteiger charge is 2.51. The van der Waals surface area contributed by atoms with E-state index in [1.165, 1.54) is 22.7 Å². The maximum Gasteiger partial charge on any atom is 0.355 e. The van der Waals surface area contributed by atoms with Gasteiger partial charge in [-0.25, -0.2) is 4.79 Å². The Kier molecular flexibility index (Phi) is 3.74. The molecular formula is C11H14N2O4S. The summed E-state index contributed by atoms with van der Waals surface area (Å²) in [4.78, 5) is 24.9. The summed E-state index contributed by atoms with van der Waals surface area (Å²) in [6.45, 7) is 3.23. The van der Waals surface area contributed by atoms with E-state index < -0.39 is 12.0 Å². The fourth-order valence-corrected chi connectivity index (χ4v) is 3.18. The zero-order chi connectivity index (χ0) is 13.3. The minimum Gasteiger partial charge on any atom is -0.457 e. The summed E-state index contributed by atoms with van der Waals surface area (Å²) in [5.74, 6) is -0.467. The lowest BCUT2D eigenvalue weighted by atomic mass is 10.0. The van der Waals surface area contributed by atoms with E-state index in [0.29, 0.717) is 11.3 Å². The molecule has 3 N–H and O–H groups in total. The first-order chi connectivity index (χ1) is 8.61. The Balaban J connectivity index is 2.26. The van der Waals surface area contributed by atoms with Crippen LogP contribution in [0.1, 0.15) is 0 Å². The number of carbonyl (C=O) groups excluding carboxylic acids is 2. The number of amides is 1. The number of rotatable bonds is 4. The van der Waals surface area contributed by atoms with E-state index in [0.717, 1.165) is 0 Å². The summed E-state index contributed by atoms with van der Waals surface area (Å²) in [5.41, 5.74) is 6.29. The number of aliphatic hydroxyl groups excluding tert-OH is 1. The van der Waals surface area contributed by atoms with Gasteiger partial charge in [0.15, 0.2) is 0 Å². The van der Waals surface area contributed by atoms with E-state index in [-0.39, 0.29) is 30.2 Å². The zero-order valence-electron chi connectivity index (χ0n) is 9.67. The van der Waals surface area contributed by atoms with Crippen LogP contribution in [0.3, 0.4) is 0 Å². The second-order valence-corrected chi connectivity index (χ2v) is 5.04. The average molecular weight is 270 g/mol. The number of esters is 1. The molecule has 0 aromatic rings. The molecule has 1 amide bonds. The standard InChI is InChI=1S/C11H14N2O4S/c1-2-3-17-11(16)8-6(4-14)5-18-10-7(12)9(15)13(8)10/h2,7,10,14H,1,3-5,12H2/t7-,10-/m1/s1. The molecule has 0 radical (unpaired) electrons. The number of ether oxygens (including phenoxy) is 1. The Morgan fingerprint density at radius 1 is 1.72 bits per heavy atom. The van der Waals surface area contributed by atoms with Crippen molar-refractivity contribution in [1.29, 1.82) is 0 Å². The van der Waals surface area contributed by atoms with Gasteiger partial charge >= 0.3 is 5.97 Å². The van der Waals surface area contributed by atoms with Gasteiger partial charge in [-0.3, -0.25) is 9.69 Å². The van der Waals surface area contributed by atoms with E-state index in [4.69, 9.17) is 10.5 Å². The minimum absolute atomic E-state index is 0.0624. The van der Waals surface area contributed by atoms with Crippen LogP contribution in [-0.4, -0.2) is 52.3 Å². The number of aliphatic hydroxyl groups is 1. The number of carbonyl (C=O) groups is 2. The van der Waals surface area contributed by atoms with Crippen LogP contribution >= 0.6 is 11.8 Å². The lowest BCUT2D eigenvalue weighted by molar-refractivity contribution is -0.150. The van der Waals surface area contributed by atoms with Crippen molar-refractivity contribution >= 4 is 23.6 Å². The Bertz CT molecular complexity index is 435. The zero-order valence-corrected chi connectivity index (χ0v) is 10.5. The second kappa shape index (κ2) is 5.13. The van der Waals surface area contributed by atoms with Crippen molar-refractivity contribution in [3.05, 3.63) is 23.9 Å². The normalized spacial score (nSPS) is 26.6. The average Bonchev–Trinajstić information content (AvgIpc) is 2.41. The van der Waals surface area contributed by atoms with E-state index in [1.54, 1.807) is 0 Å². The van der Waals surface area contributed by atoms with Crippen molar-refractivity contribution in [2.75, 3.05) is 19.0 Å². The third-order valence-corrected chi connectivity index (χ3v) is 4.17. The van der Waals surface area contributed by atoms with Crippen LogP contribution in [0.2, 0.25) is 0 Å². The largest absolute Gasteiger partial charge is 0.457 e. The summed E-state index contributed by atoms with van der Waals surface area (Å²) < 4.78 is 4.93. The fourth-order valence-electron chi connectivity index (χ4n) is 1.89. The maximum absolute atomic E-state index is 11.9. The van der Waals surface area contributed by atoms with Crippen LogP contribution in [0, 0.1) is 0 Å². The summed E-state index contributed by atoms with van der Waals surface area (Å²) >= 11 is 1.44. The number of thioether (sulfide) groups is 1. The fraction of sp³-hybridized carbons (Fsp3) is 0.455. The molecule has 2 aliphatic rings. The molecule has 1 fully saturated rings. The number of hydrogen-bond donors (Lipinski definition) is 2. The highest BCUT2D eigenvalue weighted by Crippen LogP contribution is 2.39. The maximum atomic E-state index is 11.9. The van der Waals surface area contributed by atoms with Crippen LogP contribution in [0.5, 0.6) is 0 Å². The number of hydrogen-bond acceptors (Lipinski definition) is 6. The van der Waals surface area contributed by atoms with Crippen LogP contribution in [0.25, 0.3) is 0 Å². The molecule has 0 aromatic heterocycles. The van der Waals surface area contributed by atoms with Gasteiger partial charge < -0.3 is 15.6 Å². The van der Waals surface area contributed by atoms with Gasteiger partial charge in [0.1, 0.15) is 23.7 Å². The van der Waals surface area contributed by atoms with Crippen molar-refractivity contribution in [3.8, 4) is 0 Å². The Labute approximate surface area is 108 Å². The van der Waals surface area contributed by atoms with Crippen LogP contribution < -0.4 is 5.73 Å². The Morgan fingerprint density at radius 3 is 3.06 bits per heavy atom. The third-order valence-electron chi connectivity index (χ3n) is 2.80. The number of nitrogens with two attached hydrogens (primary N) is 1. The molecule has 2 atom stereocenters. The molecule has 98 valence electrons. The molecule has 0 saturated carbocycles. The quantitative estimate of drug-likeness (QED) is 0.395. The van der Waals surface area contributed by atoms with Gasteiger partial charge in [0.25, 0.3) is 0 Å². The van der Waals surface area contributed by atoms with Crippen molar-refractivity contribution in [2.24, 2.45) is 5.73 Å². The molecular weight excluding hydrogens is 256 g/mol. The lowest BCUT2D eigenvalue weighted by Crippen LogP contribution is -2.68. The molecule has 7 heteroatoms. The van der Waals surface area contributed by atoms with Gasteiger partial charge in [0.2, 0.25) is 5.91 Å². The van der Waals surface area contributed by atoms with E-state index in [2.05, 4.69) is 6.58 Å². The molecule has 2 rings (SSSR count). The van der Waals surface area contributed by atoms with Crippen molar-refractivity contribution < 1.29 is 19.4 Å². The Hall–Kier alpha value is -1.31. The number of nitrogens with zero attached hydrogens (tertiary/aromatic N) is 1. The van der Waals surface area contributed by atoms with Gasteiger partial charge in [-0.1, -0.05) is 12.7 Å². The van der Waals surface area contributed by atoms with Crippen LogP contribution in [0.15, 0.2) is 23.9 Å². The third kappa shape index (κ3) is 1.94. The molecule has 0 spiro atoms. The molecule has 0 unspecified atom stereocenters. The van der Waals surface area contributed by atoms with Crippen molar-refractivity contribution in [2.45, 2.75) is 11.4 Å². The smallest absolute Gasteiger partial charge is 0.355 e. The van der Waals surface area contributed by atoms with Crippen LogP contribution in [0.4, 0.5) is 0 Å². The number of fused-ring (bicyclic) bond motifs is 1. The molecule has 18 heavy (non-hydrogen) atoms. The van der Waals surface area contributed by atoms with Gasteiger partial charge in [-0.05, 0) is 5.57 Å². The van der Waals surface area contributed by atoms with Gasteiger partial charge in [-0.15, -0.1) is 11.8 Å². The number of β-lactam (4-membered cyclic amide) rings is 1. The minimum atomic E-state index is -0.621. The molecule has 2 aliphatic heterocycles. The monoisotopic (exact) mass is 270 g/mol. The topological polar surface area (TPSA) is 92.9 Å². The predicted molar refractivity (Wildman–Crippen MR) is 66.3 cm³/mol. The van der Waals surface area contributed by atoms with Crippen molar-refractivity contribution in [3.63, 3.8) is 0 Å². The van der Waals surface area contributed by atoms with Gasteiger partial charge in [-0.2, -0.15) is 0 Å². The molecule has 2 heterocycles. The first kappa shape index (κ1) is 13.1. The molecule has 0 aromatic carbocycles. The summed E-state index contributed by atoms with van der Waals surface area (Å²) in [5, 5.41) is 9.01. The first-order valence-corrected chi connectivity index (χ1v) is 6.47. The van der Waals surface area contributed by atoms with E-state index in [1.807, 2.05) is 0 Å². The van der Waals surface area contributed by atoms with Gasteiger partial charge in [0, 0.05) is 5.75 Å². The summed E-state index contributed by atoms with van der Waals surface area (Å²) in [6, 6.07) is -0.586. The molecule has 6 nitrogen and oxygen atoms in total. The SMILES string of the molecule is C=CCOC(=O)C1=C(CO)CS[C@@H]2[C@H](N)C(=O)N12. The molecule has 0 bridgehead atoms. The van der Waals surface area contributed by atoms with Crippen molar-refractivity contribution in [1.82, 2.24) is 4.90 Å². The molecule has 0 aliphatic carbocycles. The highest BCUT2D eigenvalue weighted by molar-refractivity contribution is 8.00. The summed E-state index contributed by atoms with van der Waals surface area (Å²) in [6.07, 6.45) is 1.44. The van der Waals surface area contributed by atoms with Crippen LogP contribution in [-0.2, 0) is 14.3 Å². The highest BCUT2D eigenvalue weighted by atomic mass is 32.2. The lowest BCUT2D eigenvalue weighted by Gasteiger charge is -2.48. The summed E-state index contributed by atoms with van der Waals surface area (Å²) in [7, 11) is 0. The molecule has 1 saturated heterocycles. The first-order valence-electron chi connectivity index (χ1n) is 5.43. The van der Waals surface area contributed by atoms with E-state index in [9.17, 15) is 14.7 Å². The second-order valence-electron chi connectivity index (χ2n) is 3.93.